The molecule has 2 aliphatic heterocycles. The summed E-state index contributed by atoms with van der Waals surface area (Å²) >= 11 is 0. The number of hydrogen-bond acceptors (Lipinski definition) is 5. The van der Waals surface area contributed by atoms with Crippen LogP contribution in [-0.2, 0) is 22.5 Å². The zero-order valence-electron chi connectivity index (χ0n) is 16.1. The molecular weight excluding hydrogens is 342 g/mol. The molecule has 1 fully saturated rings. The van der Waals surface area contributed by atoms with E-state index in [9.17, 15) is 4.79 Å². The minimum atomic E-state index is 0.190. The number of carbonyl (C=O) groups excluding carboxylic acids is 1. The molecule has 3 heterocycles. The van der Waals surface area contributed by atoms with Gasteiger partial charge in [0.2, 0.25) is 5.91 Å². The van der Waals surface area contributed by atoms with Crippen molar-refractivity contribution in [2.24, 2.45) is 0 Å². The van der Waals surface area contributed by atoms with Crippen molar-refractivity contribution in [2.45, 2.75) is 58.6 Å². The van der Waals surface area contributed by atoms with Crippen LogP contribution in [0.25, 0.3) is 0 Å². The van der Waals surface area contributed by atoms with Crippen LogP contribution in [0.3, 0.4) is 0 Å². The lowest BCUT2D eigenvalue weighted by molar-refractivity contribution is -0.132. The Morgan fingerprint density at radius 3 is 2.89 bits per heavy atom. The van der Waals surface area contributed by atoms with Crippen LogP contribution in [0.1, 0.15) is 48.1 Å². The number of nitrogens with one attached hydrogen (secondary N) is 1. The molecule has 0 unspecified atom stereocenters. The number of nitrogens with zero attached hydrogens (tertiary/aromatic N) is 2. The van der Waals surface area contributed by atoms with Crippen LogP contribution in [0.2, 0.25) is 0 Å². The highest BCUT2D eigenvalue weighted by atomic mass is 16.5. The molecule has 6 nitrogen and oxygen atoms in total. The molecular formula is C21H27N3O3. The van der Waals surface area contributed by atoms with Gasteiger partial charge in [0.05, 0.1) is 18.2 Å². The molecule has 2 aromatic rings. The van der Waals surface area contributed by atoms with E-state index in [4.69, 9.17) is 9.26 Å². The molecule has 27 heavy (non-hydrogen) atoms. The SMILES string of the molecule is Cc1cccc(C)c1Nc1noc2c1CN(C(=O)CC[C@H]1CCCO1)CC2. The van der Waals surface area contributed by atoms with Gasteiger partial charge in [-0.05, 0) is 44.2 Å². The molecule has 0 saturated carbocycles. The molecule has 0 bridgehead atoms. The van der Waals surface area contributed by atoms with E-state index in [1.54, 1.807) is 0 Å². The first-order valence-corrected chi connectivity index (χ1v) is 9.82. The van der Waals surface area contributed by atoms with E-state index in [2.05, 4.69) is 36.5 Å². The molecule has 1 aromatic heterocycles. The highest BCUT2D eigenvalue weighted by Gasteiger charge is 2.28. The van der Waals surface area contributed by atoms with Gasteiger partial charge < -0.3 is 19.5 Å². The Morgan fingerprint density at radius 2 is 2.15 bits per heavy atom. The third-order valence-corrected chi connectivity index (χ3v) is 5.61. The Bertz CT molecular complexity index is 804. The molecule has 144 valence electrons. The second-order valence-corrected chi connectivity index (χ2v) is 7.56. The van der Waals surface area contributed by atoms with Crippen molar-refractivity contribution in [3.05, 3.63) is 40.6 Å². The summed E-state index contributed by atoms with van der Waals surface area (Å²) in [5, 5.41) is 7.66. The lowest BCUT2D eigenvalue weighted by Gasteiger charge is -2.27. The monoisotopic (exact) mass is 369 g/mol. The van der Waals surface area contributed by atoms with E-state index >= 15 is 0 Å². The van der Waals surface area contributed by atoms with Crippen LogP contribution in [0, 0.1) is 13.8 Å². The number of rotatable bonds is 5. The van der Waals surface area contributed by atoms with E-state index in [1.807, 2.05) is 11.0 Å². The number of aromatic nitrogens is 1. The Balaban J connectivity index is 1.44. The van der Waals surface area contributed by atoms with Crippen molar-refractivity contribution in [3.8, 4) is 0 Å². The lowest BCUT2D eigenvalue weighted by Crippen LogP contribution is -2.36. The number of fused-ring (bicyclic) bond motifs is 1. The molecule has 6 heteroatoms. The second kappa shape index (κ2) is 7.72. The first kappa shape index (κ1) is 18.0. The Hall–Kier alpha value is -2.34. The van der Waals surface area contributed by atoms with Gasteiger partial charge in [-0.25, -0.2) is 0 Å². The van der Waals surface area contributed by atoms with Crippen molar-refractivity contribution in [3.63, 3.8) is 0 Å². The summed E-state index contributed by atoms with van der Waals surface area (Å²) in [5.74, 6) is 1.79. The number of hydrogen-bond donors (Lipinski definition) is 1. The van der Waals surface area contributed by atoms with Gasteiger partial charge in [0.1, 0.15) is 5.76 Å². The van der Waals surface area contributed by atoms with Crippen molar-refractivity contribution < 1.29 is 14.1 Å². The van der Waals surface area contributed by atoms with Gasteiger partial charge in [-0.2, -0.15) is 0 Å². The number of anilines is 2. The van der Waals surface area contributed by atoms with Crippen LogP contribution in [0.15, 0.2) is 22.7 Å². The fourth-order valence-electron chi connectivity index (χ4n) is 3.96. The molecule has 1 aromatic carbocycles. The molecule has 1 N–H and O–H groups in total. The van der Waals surface area contributed by atoms with Crippen molar-refractivity contribution >= 4 is 17.4 Å². The predicted octanol–water partition coefficient (Wildman–Crippen LogP) is 3.88. The predicted molar refractivity (Wildman–Crippen MR) is 103 cm³/mol. The first-order chi connectivity index (χ1) is 13.1. The van der Waals surface area contributed by atoms with Crippen LogP contribution in [0.4, 0.5) is 11.5 Å². The van der Waals surface area contributed by atoms with Crippen molar-refractivity contribution in [1.29, 1.82) is 0 Å². The van der Waals surface area contributed by atoms with Gasteiger partial charge in [-0.3, -0.25) is 4.79 Å². The fourth-order valence-corrected chi connectivity index (χ4v) is 3.96. The van der Waals surface area contributed by atoms with E-state index in [0.29, 0.717) is 25.9 Å². The van der Waals surface area contributed by atoms with Crippen molar-refractivity contribution in [2.75, 3.05) is 18.5 Å². The van der Waals surface area contributed by atoms with Gasteiger partial charge in [-0.1, -0.05) is 23.4 Å². The van der Waals surface area contributed by atoms with Crippen LogP contribution in [0.5, 0.6) is 0 Å². The van der Waals surface area contributed by atoms with E-state index < -0.39 is 0 Å². The average molecular weight is 369 g/mol. The number of amides is 1. The zero-order valence-corrected chi connectivity index (χ0v) is 16.1. The Labute approximate surface area is 159 Å². The standard InChI is InChI=1S/C21H27N3O3/c1-14-5-3-6-15(2)20(14)22-21-17-13-24(11-10-18(17)27-23-21)19(25)9-8-16-7-4-12-26-16/h3,5-6,16H,4,7-13H2,1-2H3,(H,22,23)/t16-/m1/s1. The number of carbonyl (C=O) groups is 1. The summed E-state index contributed by atoms with van der Waals surface area (Å²) in [6.07, 6.45) is 4.52. The quantitative estimate of drug-likeness (QED) is 0.866. The summed E-state index contributed by atoms with van der Waals surface area (Å²) in [4.78, 5) is 14.6. The zero-order chi connectivity index (χ0) is 18.8. The van der Waals surface area contributed by atoms with E-state index in [-0.39, 0.29) is 12.0 Å². The maximum atomic E-state index is 12.7. The summed E-state index contributed by atoms with van der Waals surface area (Å²) in [5.41, 5.74) is 4.36. The maximum Gasteiger partial charge on any atom is 0.222 e. The molecule has 0 aliphatic carbocycles. The van der Waals surface area contributed by atoms with Crippen LogP contribution >= 0.6 is 0 Å². The number of para-hydroxylation sites is 1. The van der Waals surface area contributed by atoms with Crippen LogP contribution in [-0.4, -0.2) is 35.2 Å². The highest BCUT2D eigenvalue weighted by molar-refractivity contribution is 5.77. The third-order valence-electron chi connectivity index (χ3n) is 5.61. The normalized spacial score (nSPS) is 19.2. The van der Waals surface area contributed by atoms with Crippen molar-refractivity contribution in [1.82, 2.24) is 10.1 Å². The van der Waals surface area contributed by atoms with E-state index in [0.717, 1.165) is 59.8 Å². The molecule has 0 spiro atoms. The summed E-state index contributed by atoms with van der Waals surface area (Å²) < 4.78 is 11.2. The van der Waals surface area contributed by atoms with Gasteiger partial charge in [-0.15, -0.1) is 0 Å². The number of ether oxygens (including phenoxy) is 1. The number of benzene rings is 1. The Morgan fingerprint density at radius 1 is 1.33 bits per heavy atom. The minimum Gasteiger partial charge on any atom is -0.378 e. The first-order valence-electron chi connectivity index (χ1n) is 9.82. The molecule has 1 atom stereocenters. The smallest absolute Gasteiger partial charge is 0.222 e. The van der Waals surface area contributed by atoms with Crippen LogP contribution < -0.4 is 5.32 Å². The lowest BCUT2D eigenvalue weighted by atomic mass is 10.1. The van der Waals surface area contributed by atoms with Gasteiger partial charge in [0.25, 0.3) is 0 Å². The molecule has 1 amide bonds. The summed E-state index contributed by atoms with van der Waals surface area (Å²) in [7, 11) is 0. The average Bonchev–Trinajstić information content (AvgIpc) is 3.32. The molecule has 2 aliphatic rings. The highest BCUT2D eigenvalue weighted by Crippen LogP contribution is 2.31. The maximum absolute atomic E-state index is 12.7. The third kappa shape index (κ3) is 3.86. The fraction of sp³-hybridized carbons (Fsp3) is 0.524. The minimum absolute atomic E-state index is 0.190. The molecule has 0 radical (unpaired) electrons. The van der Waals surface area contributed by atoms with E-state index in [1.165, 1.54) is 0 Å². The van der Waals surface area contributed by atoms with Gasteiger partial charge in [0.15, 0.2) is 5.82 Å². The summed E-state index contributed by atoms with van der Waals surface area (Å²) in [6.45, 7) is 6.22. The van der Waals surface area contributed by atoms with Gasteiger partial charge >= 0.3 is 0 Å². The molecule has 1 saturated heterocycles. The molecule has 4 rings (SSSR count). The second-order valence-electron chi connectivity index (χ2n) is 7.56. The van der Waals surface area contributed by atoms with Gasteiger partial charge in [0, 0.05) is 31.7 Å². The number of aryl methyl sites for hydroxylation is 2. The summed E-state index contributed by atoms with van der Waals surface area (Å²) in [6, 6.07) is 6.19. The topological polar surface area (TPSA) is 67.6 Å². The Kier molecular flexibility index (Phi) is 5.16. The largest absolute Gasteiger partial charge is 0.378 e.